The highest BCUT2D eigenvalue weighted by Crippen LogP contribution is 2.31. The summed E-state index contributed by atoms with van der Waals surface area (Å²) in [6.07, 6.45) is 0. The first-order chi connectivity index (χ1) is 8.48. The largest absolute Gasteiger partial charge is 0.386 e. The monoisotopic (exact) mass is 239 g/mol. The zero-order valence-electron chi connectivity index (χ0n) is 10.9. The number of benzene rings is 2. The molecule has 18 heavy (non-hydrogen) atoms. The Morgan fingerprint density at radius 3 is 2.33 bits per heavy atom. The van der Waals surface area contributed by atoms with Gasteiger partial charge in [-0.05, 0) is 37.6 Å². The van der Waals surface area contributed by atoms with Crippen LogP contribution in [0.2, 0.25) is 0 Å². The summed E-state index contributed by atoms with van der Waals surface area (Å²) < 4.78 is 2.19. The molecule has 0 unspecified atom stereocenters. The number of hydrogen-bond acceptors (Lipinski definition) is 1. The summed E-state index contributed by atoms with van der Waals surface area (Å²) in [7, 11) is 2.08. The third kappa shape index (κ3) is 1.53. The molecule has 0 aliphatic rings. The molecular formula is C16H17NO. The van der Waals surface area contributed by atoms with Gasteiger partial charge in [0.2, 0.25) is 0 Å². The lowest BCUT2D eigenvalue weighted by atomic mass is 9.96. The van der Waals surface area contributed by atoms with Gasteiger partial charge >= 0.3 is 0 Å². The van der Waals surface area contributed by atoms with Crippen molar-refractivity contribution in [3.8, 4) is 0 Å². The molecule has 0 aliphatic heterocycles. The predicted molar refractivity (Wildman–Crippen MR) is 75.7 cm³/mol. The quantitative estimate of drug-likeness (QED) is 0.690. The van der Waals surface area contributed by atoms with Gasteiger partial charge in [-0.25, -0.2) is 0 Å². The average Bonchev–Trinajstić information content (AvgIpc) is 2.63. The lowest BCUT2D eigenvalue weighted by Crippen LogP contribution is -2.14. The first-order valence-electron chi connectivity index (χ1n) is 6.18. The molecule has 1 aromatic heterocycles. The van der Waals surface area contributed by atoms with E-state index in [1.165, 1.54) is 21.8 Å². The van der Waals surface area contributed by atoms with Crippen LogP contribution in [0.4, 0.5) is 0 Å². The fourth-order valence-corrected chi connectivity index (χ4v) is 2.55. The maximum Gasteiger partial charge on any atom is 0.0840 e. The zero-order valence-corrected chi connectivity index (χ0v) is 10.9. The Labute approximate surface area is 106 Å². The topological polar surface area (TPSA) is 25.2 Å². The van der Waals surface area contributed by atoms with Crippen LogP contribution in [0.1, 0.15) is 19.4 Å². The van der Waals surface area contributed by atoms with E-state index >= 15 is 0 Å². The van der Waals surface area contributed by atoms with Crippen LogP contribution in [0.3, 0.4) is 0 Å². The Balaban J connectivity index is 2.44. The van der Waals surface area contributed by atoms with Gasteiger partial charge in [0.15, 0.2) is 0 Å². The Hall–Kier alpha value is -1.80. The molecule has 0 aliphatic carbocycles. The molecule has 3 aromatic rings. The van der Waals surface area contributed by atoms with E-state index in [1.807, 2.05) is 19.9 Å². The number of aromatic nitrogens is 1. The minimum atomic E-state index is -0.800. The zero-order chi connectivity index (χ0) is 12.9. The first kappa shape index (κ1) is 11.3. The van der Waals surface area contributed by atoms with Gasteiger partial charge in [0, 0.05) is 28.9 Å². The van der Waals surface area contributed by atoms with Crippen LogP contribution < -0.4 is 0 Å². The summed E-state index contributed by atoms with van der Waals surface area (Å²) in [6, 6.07) is 14.5. The minimum Gasteiger partial charge on any atom is -0.386 e. The van der Waals surface area contributed by atoms with Crippen LogP contribution in [0.25, 0.3) is 21.8 Å². The number of hydrogen-bond donors (Lipinski definition) is 1. The molecule has 0 radical (unpaired) electrons. The second-order valence-electron chi connectivity index (χ2n) is 5.37. The van der Waals surface area contributed by atoms with Crippen molar-refractivity contribution in [1.29, 1.82) is 0 Å². The van der Waals surface area contributed by atoms with Crippen LogP contribution in [0.5, 0.6) is 0 Å². The molecule has 92 valence electrons. The third-order valence-corrected chi connectivity index (χ3v) is 3.62. The minimum absolute atomic E-state index is 0.800. The molecular weight excluding hydrogens is 222 g/mol. The number of aliphatic hydroxyl groups is 1. The van der Waals surface area contributed by atoms with Gasteiger partial charge < -0.3 is 9.67 Å². The lowest BCUT2D eigenvalue weighted by molar-refractivity contribution is 0.0787. The molecule has 2 nitrogen and oxygen atoms in total. The second kappa shape index (κ2) is 3.59. The Morgan fingerprint density at radius 2 is 1.61 bits per heavy atom. The lowest BCUT2D eigenvalue weighted by Gasteiger charge is -2.17. The van der Waals surface area contributed by atoms with Crippen LogP contribution in [0, 0.1) is 0 Å². The van der Waals surface area contributed by atoms with Crippen molar-refractivity contribution in [1.82, 2.24) is 4.57 Å². The maximum atomic E-state index is 10.1. The summed E-state index contributed by atoms with van der Waals surface area (Å²) in [5, 5.41) is 12.6. The number of nitrogens with zero attached hydrogens (tertiary/aromatic N) is 1. The van der Waals surface area contributed by atoms with E-state index in [9.17, 15) is 5.11 Å². The summed E-state index contributed by atoms with van der Waals surface area (Å²) >= 11 is 0. The first-order valence-corrected chi connectivity index (χ1v) is 6.18. The molecule has 0 saturated heterocycles. The fourth-order valence-electron chi connectivity index (χ4n) is 2.55. The van der Waals surface area contributed by atoms with Gasteiger partial charge in [-0.1, -0.05) is 24.3 Å². The average molecular weight is 239 g/mol. The molecule has 3 rings (SSSR count). The van der Waals surface area contributed by atoms with Gasteiger partial charge in [0.05, 0.1) is 5.60 Å². The third-order valence-electron chi connectivity index (χ3n) is 3.62. The molecule has 2 aromatic carbocycles. The van der Waals surface area contributed by atoms with Gasteiger partial charge in [-0.15, -0.1) is 0 Å². The van der Waals surface area contributed by atoms with Gasteiger partial charge in [0.25, 0.3) is 0 Å². The summed E-state index contributed by atoms with van der Waals surface area (Å²) in [5.41, 5.74) is 2.57. The van der Waals surface area contributed by atoms with E-state index in [1.54, 1.807) is 0 Å². The van der Waals surface area contributed by atoms with Crippen molar-refractivity contribution in [2.75, 3.05) is 0 Å². The summed E-state index contributed by atoms with van der Waals surface area (Å²) in [4.78, 5) is 0. The van der Waals surface area contributed by atoms with Gasteiger partial charge in [0.1, 0.15) is 0 Å². The molecule has 0 spiro atoms. The van der Waals surface area contributed by atoms with Gasteiger partial charge in [-0.3, -0.25) is 0 Å². The Bertz CT molecular complexity index is 732. The molecule has 0 amide bonds. The normalized spacial score (nSPS) is 12.4. The van der Waals surface area contributed by atoms with E-state index in [2.05, 4.69) is 48.0 Å². The number of fused-ring (bicyclic) bond motifs is 3. The van der Waals surface area contributed by atoms with Gasteiger partial charge in [-0.2, -0.15) is 0 Å². The van der Waals surface area contributed by atoms with E-state index < -0.39 is 5.60 Å². The highest BCUT2D eigenvalue weighted by atomic mass is 16.3. The Kier molecular flexibility index (Phi) is 2.26. The van der Waals surface area contributed by atoms with Crippen molar-refractivity contribution in [3.05, 3.63) is 48.0 Å². The van der Waals surface area contributed by atoms with E-state index in [0.717, 1.165) is 5.56 Å². The molecule has 1 heterocycles. The van der Waals surface area contributed by atoms with Crippen molar-refractivity contribution in [2.24, 2.45) is 7.05 Å². The second-order valence-corrected chi connectivity index (χ2v) is 5.37. The number of rotatable bonds is 1. The number of para-hydroxylation sites is 1. The molecule has 0 saturated carbocycles. The highest BCUT2D eigenvalue weighted by Gasteiger charge is 2.17. The molecule has 0 fully saturated rings. The van der Waals surface area contributed by atoms with Crippen molar-refractivity contribution in [3.63, 3.8) is 0 Å². The molecule has 0 atom stereocenters. The van der Waals surface area contributed by atoms with Crippen LogP contribution in [-0.4, -0.2) is 9.67 Å². The van der Waals surface area contributed by atoms with Crippen LogP contribution in [-0.2, 0) is 12.6 Å². The predicted octanol–water partition coefficient (Wildman–Crippen LogP) is 3.56. The standard InChI is InChI=1S/C16H17NO/c1-16(2,18)11-8-9-15-13(10-11)12-6-4-5-7-14(12)17(15)3/h4-10,18H,1-3H3. The molecule has 1 N–H and O–H groups in total. The fraction of sp³-hybridized carbons (Fsp3) is 0.250. The van der Waals surface area contributed by atoms with Crippen LogP contribution >= 0.6 is 0 Å². The maximum absolute atomic E-state index is 10.1. The summed E-state index contributed by atoms with van der Waals surface area (Å²) in [6.45, 7) is 3.64. The highest BCUT2D eigenvalue weighted by molar-refractivity contribution is 6.08. The summed E-state index contributed by atoms with van der Waals surface area (Å²) in [5.74, 6) is 0. The Morgan fingerprint density at radius 1 is 0.944 bits per heavy atom. The van der Waals surface area contributed by atoms with Crippen molar-refractivity contribution < 1.29 is 5.11 Å². The molecule has 0 bridgehead atoms. The SMILES string of the molecule is Cn1c2ccccc2c2cc(C(C)(C)O)ccc21. The van der Waals surface area contributed by atoms with E-state index in [0.29, 0.717) is 0 Å². The smallest absolute Gasteiger partial charge is 0.0840 e. The number of aryl methyl sites for hydroxylation is 1. The van der Waals surface area contributed by atoms with Crippen molar-refractivity contribution in [2.45, 2.75) is 19.4 Å². The van der Waals surface area contributed by atoms with E-state index in [4.69, 9.17) is 0 Å². The van der Waals surface area contributed by atoms with E-state index in [-0.39, 0.29) is 0 Å². The van der Waals surface area contributed by atoms with Crippen molar-refractivity contribution >= 4 is 21.8 Å². The molecule has 2 heteroatoms. The van der Waals surface area contributed by atoms with Crippen LogP contribution in [0.15, 0.2) is 42.5 Å².